The third-order valence-corrected chi connectivity index (χ3v) is 6.62. The summed E-state index contributed by atoms with van der Waals surface area (Å²) in [6.07, 6.45) is -8.14. The van der Waals surface area contributed by atoms with Gasteiger partial charge in [0.05, 0.1) is 17.9 Å². The predicted octanol–water partition coefficient (Wildman–Crippen LogP) is -1.60. The van der Waals surface area contributed by atoms with Gasteiger partial charge >= 0.3 is 10.2 Å². The van der Waals surface area contributed by atoms with Gasteiger partial charge in [0.15, 0.2) is 6.23 Å². The maximum atomic E-state index is 13.2. The van der Waals surface area contributed by atoms with Gasteiger partial charge in [0, 0.05) is 6.04 Å². The predicted molar refractivity (Wildman–Crippen MR) is 92.9 cm³/mol. The number of carbonyl (C=O) groups is 1. The first-order chi connectivity index (χ1) is 12.6. The molecule has 1 aromatic carbocycles. The van der Waals surface area contributed by atoms with Crippen molar-refractivity contribution in [3.8, 4) is 0 Å². The number of aliphatic hydroxyl groups excluding tert-OH is 4. The van der Waals surface area contributed by atoms with Crippen molar-refractivity contribution in [3.63, 3.8) is 0 Å². The van der Waals surface area contributed by atoms with E-state index >= 15 is 0 Å². The number of anilines is 1. The van der Waals surface area contributed by atoms with Crippen LogP contribution < -0.4 is 4.31 Å². The van der Waals surface area contributed by atoms with Crippen molar-refractivity contribution < 1.29 is 38.4 Å². The third kappa shape index (κ3) is 3.00. The fraction of sp³-hybridized carbons (Fsp3) is 0.562. The Morgan fingerprint density at radius 3 is 2.33 bits per heavy atom. The number of ether oxygens (including phenoxy) is 1. The number of benzene rings is 1. The Hall–Kier alpha value is -1.76. The molecular formula is C16H22N2O8S. The Kier molecular flexibility index (Phi) is 5.18. The van der Waals surface area contributed by atoms with Crippen LogP contribution >= 0.6 is 0 Å². The molecule has 0 radical (unpaired) electrons. The van der Waals surface area contributed by atoms with Crippen LogP contribution in [0.25, 0.3) is 0 Å². The molecule has 27 heavy (non-hydrogen) atoms. The van der Waals surface area contributed by atoms with Gasteiger partial charge in [-0.15, -0.1) is 0 Å². The first-order valence-corrected chi connectivity index (χ1v) is 9.80. The van der Waals surface area contributed by atoms with E-state index < -0.39 is 59.4 Å². The molecule has 2 aliphatic rings. The molecule has 10 nitrogen and oxygen atoms in total. The highest BCUT2D eigenvalue weighted by Gasteiger charge is 2.53. The average molecular weight is 402 g/mol. The number of rotatable bonds is 3. The molecule has 0 aromatic heterocycles. The molecular weight excluding hydrogens is 380 g/mol. The molecule has 2 heterocycles. The Balaban J connectivity index is 2.17. The van der Waals surface area contributed by atoms with E-state index in [9.17, 15) is 33.6 Å². The fourth-order valence-corrected chi connectivity index (χ4v) is 5.21. The van der Waals surface area contributed by atoms with Crippen LogP contribution in [-0.2, 0) is 14.9 Å². The Bertz CT molecular complexity index is 827. The lowest BCUT2D eigenvalue weighted by Crippen LogP contribution is -2.67. The van der Waals surface area contributed by atoms with E-state index in [0.717, 1.165) is 0 Å². The summed E-state index contributed by atoms with van der Waals surface area (Å²) in [5.74, 6) is -0.721. The van der Waals surface area contributed by atoms with Crippen molar-refractivity contribution in [2.24, 2.45) is 0 Å². The van der Waals surface area contributed by atoms with Crippen LogP contribution in [0.15, 0.2) is 24.3 Å². The maximum Gasteiger partial charge on any atom is 0.331 e. The number of carbonyl (C=O) groups excluding carboxylic acids is 1. The lowest BCUT2D eigenvalue weighted by molar-refractivity contribution is -0.225. The van der Waals surface area contributed by atoms with Gasteiger partial charge in [0.1, 0.15) is 24.4 Å². The second-order valence-electron chi connectivity index (χ2n) is 6.73. The molecule has 11 heteroatoms. The van der Waals surface area contributed by atoms with Gasteiger partial charge in [-0.1, -0.05) is 12.1 Å². The molecule has 3 rings (SSSR count). The van der Waals surface area contributed by atoms with Gasteiger partial charge in [-0.3, -0.25) is 4.79 Å². The highest BCUT2D eigenvalue weighted by Crippen LogP contribution is 2.38. The van der Waals surface area contributed by atoms with E-state index in [2.05, 4.69) is 0 Å². The highest BCUT2D eigenvalue weighted by molar-refractivity contribution is 7.91. The first kappa shape index (κ1) is 20.0. The normalized spacial score (nSPS) is 33.3. The van der Waals surface area contributed by atoms with Crippen LogP contribution in [0, 0.1) is 0 Å². The van der Waals surface area contributed by atoms with E-state index in [4.69, 9.17) is 4.74 Å². The molecule has 1 aromatic rings. The zero-order valence-corrected chi connectivity index (χ0v) is 15.5. The monoisotopic (exact) mass is 402 g/mol. The number of para-hydroxylation sites is 1. The number of aliphatic hydroxyl groups is 4. The largest absolute Gasteiger partial charge is 0.394 e. The number of hydrogen-bond acceptors (Lipinski definition) is 8. The van der Waals surface area contributed by atoms with Gasteiger partial charge in [-0.2, -0.15) is 8.42 Å². The molecule has 0 unspecified atom stereocenters. The van der Waals surface area contributed by atoms with Crippen molar-refractivity contribution in [1.82, 2.24) is 4.31 Å². The van der Waals surface area contributed by atoms with E-state index in [1.54, 1.807) is 6.07 Å². The van der Waals surface area contributed by atoms with Crippen LogP contribution in [0.2, 0.25) is 0 Å². The van der Waals surface area contributed by atoms with E-state index in [-0.39, 0.29) is 11.3 Å². The summed E-state index contributed by atoms with van der Waals surface area (Å²) in [5, 5.41) is 39.8. The Morgan fingerprint density at radius 1 is 1.11 bits per heavy atom. The van der Waals surface area contributed by atoms with Crippen molar-refractivity contribution in [1.29, 1.82) is 0 Å². The van der Waals surface area contributed by atoms with Gasteiger partial charge in [-0.25, -0.2) is 8.61 Å². The molecule has 5 atom stereocenters. The summed E-state index contributed by atoms with van der Waals surface area (Å²) >= 11 is 0. The molecule has 1 saturated heterocycles. The van der Waals surface area contributed by atoms with Crippen LogP contribution in [0.3, 0.4) is 0 Å². The SMILES string of the molecule is CC(C)N1C(=O)c2ccccc2N([C@@H]2O[C@H](CO)[C@@H](O)[C@H](O)[C@H]2O)S1(=O)=O. The van der Waals surface area contributed by atoms with Gasteiger partial charge in [0.2, 0.25) is 0 Å². The lowest BCUT2D eigenvalue weighted by Gasteiger charge is -2.47. The summed E-state index contributed by atoms with van der Waals surface area (Å²) in [6, 6.07) is 5.19. The Morgan fingerprint density at radius 2 is 1.74 bits per heavy atom. The molecule has 0 bridgehead atoms. The van der Waals surface area contributed by atoms with Crippen molar-refractivity contribution in [3.05, 3.63) is 29.8 Å². The fourth-order valence-electron chi connectivity index (χ4n) is 3.33. The van der Waals surface area contributed by atoms with Gasteiger partial charge in [0.25, 0.3) is 5.91 Å². The zero-order chi connectivity index (χ0) is 20.1. The van der Waals surface area contributed by atoms with Crippen LogP contribution in [-0.4, -0.2) is 82.3 Å². The highest BCUT2D eigenvalue weighted by atomic mass is 32.2. The minimum Gasteiger partial charge on any atom is -0.394 e. The third-order valence-electron chi connectivity index (χ3n) is 4.64. The standard InChI is InChI=1S/C16H22N2O8S/c1-8(2)17-15(23)9-5-3-4-6-10(9)18(27(17,24)25)16-14(22)13(21)12(20)11(7-19)26-16/h3-6,8,11-14,16,19-22H,7H2,1-2H3/t11-,12-,13+,14-,16-/m1/s1. The van der Waals surface area contributed by atoms with Crippen LogP contribution in [0.5, 0.6) is 0 Å². The smallest absolute Gasteiger partial charge is 0.331 e. The summed E-state index contributed by atoms with van der Waals surface area (Å²) in [6.45, 7) is 2.34. The summed E-state index contributed by atoms with van der Waals surface area (Å²) in [4.78, 5) is 12.7. The molecule has 1 amide bonds. The minimum atomic E-state index is -4.47. The zero-order valence-electron chi connectivity index (χ0n) is 14.7. The van der Waals surface area contributed by atoms with E-state index in [1.165, 1.54) is 32.0 Å². The van der Waals surface area contributed by atoms with Crippen LogP contribution in [0.1, 0.15) is 24.2 Å². The van der Waals surface area contributed by atoms with E-state index in [1.807, 2.05) is 0 Å². The number of amides is 1. The van der Waals surface area contributed by atoms with Gasteiger partial charge in [-0.05, 0) is 26.0 Å². The molecule has 1 fully saturated rings. The lowest BCUT2D eigenvalue weighted by atomic mass is 9.98. The number of nitrogens with zero attached hydrogens (tertiary/aromatic N) is 2. The van der Waals surface area contributed by atoms with Crippen molar-refractivity contribution in [2.45, 2.75) is 50.5 Å². The van der Waals surface area contributed by atoms with Crippen molar-refractivity contribution >= 4 is 21.8 Å². The van der Waals surface area contributed by atoms with Crippen LogP contribution in [0.4, 0.5) is 5.69 Å². The second kappa shape index (κ2) is 7.00. The topological polar surface area (TPSA) is 148 Å². The molecule has 0 aliphatic carbocycles. The summed E-state index contributed by atoms with van der Waals surface area (Å²) < 4.78 is 33.2. The Labute approximate surface area is 156 Å². The van der Waals surface area contributed by atoms with E-state index in [0.29, 0.717) is 8.61 Å². The molecule has 2 aliphatic heterocycles. The second-order valence-corrected chi connectivity index (χ2v) is 8.42. The minimum absolute atomic E-state index is 0.0243. The molecule has 150 valence electrons. The molecule has 4 N–H and O–H groups in total. The number of hydrogen-bond donors (Lipinski definition) is 4. The quantitative estimate of drug-likeness (QED) is 0.473. The summed E-state index contributed by atoms with van der Waals surface area (Å²) in [5.41, 5.74) is 0.0571. The average Bonchev–Trinajstić information content (AvgIpc) is 2.61. The first-order valence-electron chi connectivity index (χ1n) is 8.40. The summed E-state index contributed by atoms with van der Waals surface area (Å²) in [7, 11) is -4.47. The van der Waals surface area contributed by atoms with Gasteiger partial charge < -0.3 is 25.2 Å². The number of fused-ring (bicyclic) bond motifs is 1. The molecule has 0 saturated carbocycles. The van der Waals surface area contributed by atoms with Crippen molar-refractivity contribution in [2.75, 3.05) is 10.9 Å². The maximum absolute atomic E-state index is 13.2. The molecule has 0 spiro atoms.